The van der Waals surface area contributed by atoms with Crippen LogP contribution in [0.3, 0.4) is 0 Å². The standard InChI is InChI=1S/C22H16F2N2O2/c1-28-19-11-6-15(12-18(19)27)22-25-20(13-2-7-16(23)8-3-13)21(26-22)14-4-9-17(24)10-5-14/h2-12,27H,1H3,(H,25,26). The molecule has 28 heavy (non-hydrogen) atoms. The SMILES string of the molecule is COc1ccc(-c2nc(-c3ccc(F)cc3)c(-c3ccc(F)cc3)[nH]2)cc1O. The molecule has 1 aromatic heterocycles. The summed E-state index contributed by atoms with van der Waals surface area (Å²) in [6.45, 7) is 0. The van der Waals surface area contributed by atoms with E-state index in [0.29, 0.717) is 34.1 Å². The molecule has 0 fully saturated rings. The van der Waals surface area contributed by atoms with Crippen molar-refractivity contribution in [2.45, 2.75) is 0 Å². The maximum atomic E-state index is 13.3. The number of aromatic amines is 1. The van der Waals surface area contributed by atoms with Crippen LogP contribution >= 0.6 is 0 Å². The number of H-pyrrole nitrogens is 1. The molecule has 6 heteroatoms. The maximum absolute atomic E-state index is 13.3. The lowest BCUT2D eigenvalue weighted by Gasteiger charge is -2.04. The maximum Gasteiger partial charge on any atom is 0.160 e. The molecule has 0 saturated carbocycles. The summed E-state index contributed by atoms with van der Waals surface area (Å²) in [6.07, 6.45) is 0. The van der Waals surface area contributed by atoms with E-state index in [1.54, 1.807) is 42.5 Å². The Bertz CT molecular complexity index is 1060. The Morgan fingerprint density at radius 2 is 1.39 bits per heavy atom. The zero-order chi connectivity index (χ0) is 19.7. The topological polar surface area (TPSA) is 58.1 Å². The predicted octanol–water partition coefficient (Wildman–Crippen LogP) is 5.40. The summed E-state index contributed by atoms with van der Waals surface area (Å²) < 4.78 is 31.8. The minimum Gasteiger partial charge on any atom is -0.504 e. The fraction of sp³-hybridized carbons (Fsp3) is 0.0455. The van der Waals surface area contributed by atoms with Crippen LogP contribution in [0.1, 0.15) is 0 Å². The fourth-order valence-corrected chi connectivity index (χ4v) is 2.99. The quantitative estimate of drug-likeness (QED) is 0.500. The second-order valence-electron chi connectivity index (χ2n) is 6.21. The van der Waals surface area contributed by atoms with Crippen molar-refractivity contribution in [3.8, 4) is 45.4 Å². The summed E-state index contributed by atoms with van der Waals surface area (Å²) in [6, 6.07) is 16.9. The van der Waals surface area contributed by atoms with Crippen LogP contribution in [0.5, 0.6) is 11.5 Å². The highest BCUT2D eigenvalue weighted by Crippen LogP contribution is 2.35. The predicted molar refractivity (Wildman–Crippen MR) is 103 cm³/mol. The van der Waals surface area contributed by atoms with E-state index >= 15 is 0 Å². The highest BCUT2D eigenvalue weighted by atomic mass is 19.1. The highest BCUT2D eigenvalue weighted by Gasteiger charge is 2.16. The number of halogens is 2. The van der Waals surface area contributed by atoms with Gasteiger partial charge in [-0.2, -0.15) is 0 Å². The number of nitrogens with one attached hydrogen (secondary N) is 1. The van der Waals surface area contributed by atoms with Crippen LogP contribution in [-0.2, 0) is 0 Å². The summed E-state index contributed by atoms with van der Waals surface area (Å²) in [5.41, 5.74) is 3.35. The fourth-order valence-electron chi connectivity index (χ4n) is 2.99. The summed E-state index contributed by atoms with van der Waals surface area (Å²) >= 11 is 0. The van der Waals surface area contributed by atoms with E-state index in [-0.39, 0.29) is 17.4 Å². The first-order chi connectivity index (χ1) is 13.5. The molecule has 0 bridgehead atoms. The molecule has 0 aliphatic rings. The highest BCUT2D eigenvalue weighted by molar-refractivity contribution is 5.81. The van der Waals surface area contributed by atoms with Gasteiger partial charge in [0.05, 0.1) is 18.5 Å². The number of hydrogen-bond acceptors (Lipinski definition) is 3. The van der Waals surface area contributed by atoms with Crippen LogP contribution in [-0.4, -0.2) is 22.2 Å². The van der Waals surface area contributed by atoms with E-state index in [2.05, 4.69) is 9.97 Å². The van der Waals surface area contributed by atoms with E-state index in [1.807, 2.05) is 0 Å². The molecule has 140 valence electrons. The second-order valence-corrected chi connectivity index (χ2v) is 6.21. The molecule has 0 aliphatic carbocycles. The largest absolute Gasteiger partial charge is 0.504 e. The van der Waals surface area contributed by atoms with Crippen LogP contribution in [0.25, 0.3) is 33.9 Å². The van der Waals surface area contributed by atoms with E-state index in [1.165, 1.54) is 31.4 Å². The molecule has 2 N–H and O–H groups in total. The number of ether oxygens (including phenoxy) is 1. The van der Waals surface area contributed by atoms with Gasteiger partial charge in [0.2, 0.25) is 0 Å². The van der Waals surface area contributed by atoms with Gasteiger partial charge in [-0.05, 0) is 66.7 Å². The Labute approximate surface area is 160 Å². The third kappa shape index (κ3) is 3.32. The Hall–Kier alpha value is -3.67. The lowest BCUT2D eigenvalue weighted by molar-refractivity contribution is 0.373. The molecule has 0 spiro atoms. The monoisotopic (exact) mass is 378 g/mol. The van der Waals surface area contributed by atoms with Crippen molar-refractivity contribution in [1.29, 1.82) is 0 Å². The van der Waals surface area contributed by atoms with Gasteiger partial charge in [0.1, 0.15) is 17.5 Å². The van der Waals surface area contributed by atoms with Gasteiger partial charge in [-0.1, -0.05) is 0 Å². The molecule has 3 aromatic carbocycles. The number of nitrogens with zero attached hydrogens (tertiary/aromatic N) is 1. The molecule has 4 rings (SSSR count). The van der Waals surface area contributed by atoms with Gasteiger partial charge in [0.25, 0.3) is 0 Å². The van der Waals surface area contributed by atoms with Gasteiger partial charge in [-0.3, -0.25) is 0 Å². The number of aromatic nitrogens is 2. The van der Waals surface area contributed by atoms with Crippen molar-refractivity contribution in [2.24, 2.45) is 0 Å². The van der Waals surface area contributed by atoms with Gasteiger partial charge in [0, 0.05) is 16.7 Å². The Balaban J connectivity index is 1.87. The molecule has 1 heterocycles. The number of benzene rings is 3. The summed E-state index contributed by atoms with van der Waals surface area (Å²) in [4.78, 5) is 7.88. The number of phenols is 1. The number of hydrogen-bond donors (Lipinski definition) is 2. The van der Waals surface area contributed by atoms with Crippen molar-refractivity contribution >= 4 is 0 Å². The lowest BCUT2D eigenvalue weighted by Crippen LogP contribution is -1.86. The lowest BCUT2D eigenvalue weighted by atomic mass is 10.1. The molecule has 0 aliphatic heterocycles. The van der Waals surface area contributed by atoms with Gasteiger partial charge in [0.15, 0.2) is 11.5 Å². The summed E-state index contributed by atoms with van der Waals surface area (Å²) in [7, 11) is 1.47. The molecular formula is C22H16F2N2O2. The molecule has 0 radical (unpaired) electrons. The first-order valence-electron chi connectivity index (χ1n) is 8.54. The van der Waals surface area contributed by atoms with Gasteiger partial charge >= 0.3 is 0 Å². The molecule has 4 nitrogen and oxygen atoms in total. The third-order valence-electron chi connectivity index (χ3n) is 4.41. The van der Waals surface area contributed by atoms with Crippen LogP contribution in [0.2, 0.25) is 0 Å². The van der Waals surface area contributed by atoms with Crippen LogP contribution < -0.4 is 4.74 Å². The van der Waals surface area contributed by atoms with Crippen LogP contribution in [0.15, 0.2) is 66.7 Å². The third-order valence-corrected chi connectivity index (χ3v) is 4.41. The summed E-state index contributed by atoms with van der Waals surface area (Å²) in [5, 5.41) is 10.1. The molecule has 0 saturated heterocycles. The van der Waals surface area contributed by atoms with Crippen molar-refractivity contribution < 1.29 is 18.6 Å². The number of rotatable bonds is 4. The summed E-state index contributed by atoms with van der Waals surface area (Å²) in [5.74, 6) is 0.169. The van der Waals surface area contributed by atoms with E-state index < -0.39 is 0 Å². The molecule has 4 aromatic rings. The van der Waals surface area contributed by atoms with Crippen molar-refractivity contribution in [3.05, 3.63) is 78.4 Å². The van der Waals surface area contributed by atoms with E-state index in [9.17, 15) is 13.9 Å². The van der Waals surface area contributed by atoms with E-state index in [0.717, 1.165) is 5.56 Å². The zero-order valence-corrected chi connectivity index (χ0v) is 14.9. The first kappa shape index (κ1) is 17.7. The molecule has 0 atom stereocenters. The molecule has 0 amide bonds. The minimum absolute atomic E-state index is 0.0111. The Morgan fingerprint density at radius 1 is 0.821 bits per heavy atom. The average Bonchev–Trinajstić information content (AvgIpc) is 3.14. The second kappa shape index (κ2) is 7.15. The average molecular weight is 378 g/mol. The molecule has 0 unspecified atom stereocenters. The van der Waals surface area contributed by atoms with Crippen LogP contribution in [0, 0.1) is 11.6 Å². The van der Waals surface area contributed by atoms with Gasteiger partial charge < -0.3 is 14.8 Å². The van der Waals surface area contributed by atoms with Gasteiger partial charge in [-0.25, -0.2) is 13.8 Å². The van der Waals surface area contributed by atoms with Gasteiger partial charge in [-0.15, -0.1) is 0 Å². The minimum atomic E-state index is -0.345. The zero-order valence-electron chi connectivity index (χ0n) is 14.9. The Kier molecular flexibility index (Phi) is 4.53. The smallest absolute Gasteiger partial charge is 0.160 e. The van der Waals surface area contributed by atoms with Crippen LogP contribution in [0.4, 0.5) is 8.78 Å². The normalized spacial score (nSPS) is 10.8. The van der Waals surface area contributed by atoms with Crippen molar-refractivity contribution in [2.75, 3.05) is 7.11 Å². The van der Waals surface area contributed by atoms with Crippen molar-refractivity contribution in [1.82, 2.24) is 9.97 Å². The number of phenolic OH excluding ortho intramolecular Hbond substituents is 1. The Morgan fingerprint density at radius 3 is 1.96 bits per heavy atom. The molecular weight excluding hydrogens is 362 g/mol. The van der Waals surface area contributed by atoms with Crippen molar-refractivity contribution in [3.63, 3.8) is 0 Å². The number of imidazole rings is 1. The van der Waals surface area contributed by atoms with E-state index in [4.69, 9.17) is 4.74 Å². The first-order valence-corrected chi connectivity index (χ1v) is 8.54. The number of aromatic hydroxyl groups is 1. The number of methoxy groups -OCH3 is 1.